The largest absolute Gasteiger partial charge is 0.347 e. The van der Waals surface area contributed by atoms with Crippen molar-refractivity contribution < 1.29 is 4.79 Å². The topological polar surface area (TPSA) is 49.3 Å². The van der Waals surface area contributed by atoms with Gasteiger partial charge in [-0.1, -0.05) is 6.07 Å². The molecule has 24 heavy (non-hydrogen) atoms. The number of rotatable bonds is 3. The number of nitrogens with zero attached hydrogens (tertiary/aromatic N) is 4. The number of piperidine rings is 2. The first-order valence-corrected chi connectivity index (χ1v) is 9.44. The number of aromatic nitrogens is 2. The summed E-state index contributed by atoms with van der Waals surface area (Å²) >= 11 is 1.71. The van der Waals surface area contributed by atoms with Crippen molar-refractivity contribution in [2.24, 2.45) is 5.41 Å². The molecular formula is C18H22N4OS. The van der Waals surface area contributed by atoms with E-state index in [1.807, 2.05) is 34.7 Å². The molecular weight excluding hydrogens is 320 g/mol. The van der Waals surface area contributed by atoms with Crippen molar-refractivity contribution in [3.63, 3.8) is 0 Å². The van der Waals surface area contributed by atoms with E-state index in [9.17, 15) is 4.79 Å². The molecule has 0 bridgehead atoms. The third-order valence-corrected chi connectivity index (χ3v) is 6.01. The fraction of sp³-hybridized carbons (Fsp3) is 0.500. The Hall–Kier alpha value is -1.95. The van der Waals surface area contributed by atoms with Crippen LogP contribution in [-0.2, 0) is 11.3 Å². The summed E-state index contributed by atoms with van der Waals surface area (Å²) in [4.78, 5) is 25.7. The zero-order valence-corrected chi connectivity index (χ0v) is 14.5. The summed E-state index contributed by atoms with van der Waals surface area (Å²) in [5.41, 5.74) is 1.17. The lowest BCUT2D eigenvalue weighted by Crippen LogP contribution is -2.53. The van der Waals surface area contributed by atoms with Gasteiger partial charge in [0.15, 0.2) is 5.13 Å². The summed E-state index contributed by atoms with van der Waals surface area (Å²) in [6, 6.07) is 5.89. The first kappa shape index (κ1) is 15.6. The number of hydrogen-bond donors (Lipinski definition) is 0. The standard InChI is InChI=1S/C18H22N4OS/c23-16-5-7-18(14-22(16)12-15-4-1-2-8-19-15)6-3-10-21(13-18)17-20-9-11-24-17/h1-2,4,8-9,11H,3,5-7,10,12-14H2. The molecule has 0 aliphatic carbocycles. The highest BCUT2D eigenvalue weighted by Crippen LogP contribution is 2.40. The molecule has 126 valence electrons. The van der Waals surface area contributed by atoms with E-state index in [1.165, 1.54) is 12.8 Å². The van der Waals surface area contributed by atoms with Gasteiger partial charge in [-0.25, -0.2) is 4.98 Å². The van der Waals surface area contributed by atoms with Crippen LogP contribution in [0, 0.1) is 5.41 Å². The third-order valence-electron chi connectivity index (χ3n) is 5.18. The van der Waals surface area contributed by atoms with Gasteiger partial charge in [-0.05, 0) is 31.4 Å². The van der Waals surface area contributed by atoms with Gasteiger partial charge in [0.1, 0.15) is 0 Å². The molecule has 1 spiro atoms. The van der Waals surface area contributed by atoms with Gasteiger partial charge in [-0.15, -0.1) is 11.3 Å². The molecule has 0 N–H and O–H groups in total. The van der Waals surface area contributed by atoms with Gasteiger partial charge in [0.05, 0.1) is 12.2 Å². The molecule has 2 aliphatic rings. The van der Waals surface area contributed by atoms with E-state index >= 15 is 0 Å². The Kier molecular flexibility index (Phi) is 4.22. The van der Waals surface area contributed by atoms with Crippen LogP contribution >= 0.6 is 11.3 Å². The first-order valence-electron chi connectivity index (χ1n) is 8.56. The average Bonchev–Trinajstić information content (AvgIpc) is 3.14. The highest BCUT2D eigenvalue weighted by molar-refractivity contribution is 7.13. The minimum absolute atomic E-state index is 0.201. The van der Waals surface area contributed by atoms with E-state index in [2.05, 4.69) is 14.9 Å². The number of carbonyl (C=O) groups is 1. The van der Waals surface area contributed by atoms with E-state index in [4.69, 9.17) is 0 Å². The molecule has 5 nitrogen and oxygen atoms in total. The van der Waals surface area contributed by atoms with Gasteiger partial charge < -0.3 is 9.80 Å². The average molecular weight is 342 g/mol. The van der Waals surface area contributed by atoms with Gasteiger partial charge in [-0.3, -0.25) is 9.78 Å². The zero-order chi connectivity index (χ0) is 16.4. The van der Waals surface area contributed by atoms with Crippen molar-refractivity contribution >= 4 is 22.4 Å². The third kappa shape index (κ3) is 3.15. The highest BCUT2D eigenvalue weighted by atomic mass is 32.1. The van der Waals surface area contributed by atoms with E-state index in [0.717, 1.165) is 36.9 Å². The predicted octanol–water partition coefficient (Wildman–Crippen LogP) is 2.95. The van der Waals surface area contributed by atoms with Crippen molar-refractivity contribution in [1.29, 1.82) is 0 Å². The predicted molar refractivity (Wildman–Crippen MR) is 94.9 cm³/mol. The van der Waals surface area contributed by atoms with Crippen LogP contribution in [0.2, 0.25) is 0 Å². The van der Waals surface area contributed by atoms with Gasteiger partial charge >= 0.3 is 0 Å². The maximum atomic E-state index is 12.4. The van der Waals surface area contributed by atoms with Gasteiger partial charge in [0, 0.05) is 49.2 Å². The molecule has 0 radical (unpaired) electrons. The monoisotopic (exact) mass is 342 g/mol. The molecule has 2 aromatic rings. The molecule has 2 saturated heterocycles. The van der Waals surface area contributed by atoms with Crippen LogP contribution in [0.25, 0.3) is 0 Å². The smallest absolute Gasteiger partial charge is 0.222 e. The second-order valence-corrected chi connectivity index (χ2v) is 7.78. The highest BCUT2D eigenvalue weighted by Gasteiger charge is 2.42. The maximum absolute atomic E-state index is 12.4. The van der Waals surface area contributed by atoms with Crippen LogP contribution in [0.15, 0.2) is 36.0 Å². The molecule has 1 amide bonds. The fourth-order valence-electron chi connectivity index (χ4n) is 4.01. The number of thiazole rings is 1. The Labute approximate surface area is 146 Å². The molecule has 6 heteroatoms. The summed E-state index contributed by atoms with van der Waals surface area (Å²) in [6.07, 6.45) is 7.68. The van der Waals surface area contributed by atoms with E-state index in [-0.39, 0.29) is 11.3 Å². The van der Waals surface area contributed by atoms with Gasteiger partial charge in [-0.2, -0.15) is 0 Å². The minimum atomic E-state index is 0.201. The Balaban J connectivity index is 1.49. The molecule has 4 rings (SSSR count). The molecule has 2 aromatic heterocycles. The molecule has 4 heterocycles. The Morgan fingerprint density at radius 3 is 2.92 bits per heavy atom. The summed E-state index contributed by atoms with van der Waals surface area (Å²) in [5, 5.41) is 3.15. The van der Waals surface area contributed by atoms with Crippen molar-refractivity contribution in [3.05, 3.63) is 41.7 Å². The number of carbonyl (C=O) groups excluding carboxylic acids is 1. The lowest BCUT2D eigenvalue weighted by Gasteiger charge is -2.48. The molecule has 0 aromatic carbocycles. The van der Waals surface area contributed by atoms with Crippen LogP contribution in [0.1, 0.15) is 31.4 Å². The van der Waals surface area contributed by atoms with Gasteiger partial charge in [0.2, 0.25) is 5.91 Å². The second-order valence-electron chi connectivity index (χ2n) is 6.91. The van der Waals surface area contributed by atoms with Crippen molar-refractivity contribution in [2.75, 3.05) is 24.5 Å². The molecule has 0 saturated carbocycles. The summed E-state index contributed by atoms with van der Waals surface area (Å²) in [7, 11) is 0. The Bertz CT molecular complexity index is 690. The molecule has 1 atom stereocenters. The van der Waals surface area contributed by atoms with Crippen LogP contribution < -0.4 is 4.90 Å². The maximum Gasteiger partial charge on any atom is 0.222 e. The summed E-state index contributed by atoms with van der Waals surface area (Å²) in [5.74, 6) is 0.262. The second kappa shape index (κ2) is 6.51. The molecule has 2 fully saturated rings. The lowest BCUT2D eigenvalue weighted by atomic mass is 9.73. The zero-order valence-electron chi connectivity index (χ0n) is 13.7. The molecule has 2 aliphatic heterocycles. The van der Waals surface area contributed by atoms with E-state index < -0.39 is 0 Å². The number of likely N-dealkylation sites (tertiary alicyclic amines) is 1. The SMILES string of the molecule is O=C1CCC2(CCCN(c3nccs3)C2)CN1Cc1ccccn1. The summed E-state index contributed by atoms with van der Waals surface area (Å²) in [6.45, 7) is 3.54. The normalized spacial score (nSPS) is 24.6. The van der Waals surface area contributed by atoms with Crippen molar-refractivity contribution in [2.45, 2.75) is 32.2 Å². The van der Waals surface area contributed by atoms with Crippen molar-refractivity contribution in [1.82, 2.24) is 14.9 Å². The number of amides is 1. The van der Waals surface area contributed by atoms with Crippen LogP contribution in [0.4, 0.5) is 5.13 Å². The quantitative estimate of drug-likeness (QED) is 0.860. The van der Waals surface area contributed by atoms with Crippen LogP contribution in [0.3, 0.4) is 0 Å². The minimum Gasteiger partial charge on any atom is -0.347 e. The molecule has 1 unspecified atom stereocenters. The fourth-order valence-corrected chi connectivity index (χ4v) is 4.68. The Morgan fingerprint density at radius 1 is 1.17 bits per heavy atom. The Morgan fingerprint density at radius 2 is 2.12 bits per heavy atom. The number of pyridine rings is 1. The lowest BCUT2D eigenvalue weighted by molar-refractivity contribution is -0.138. The van der Waals surface area contributed by atoms with E-state index in [0.29, 0.717) is 13.0 Å². The van der Waals surface area contributed by atoms with Crippen LogP contribution in [-0.4, -0.2) is 40.4 Å². The van der Waals surface area contributed by atoms with Crippen LogP contribution in [0.5, 0.6) is 0 Å². The van der Waals surface area contributed by atoms with Crippen molar-refractivity contribution in [3.8, 4) is 0 Å². The number of hydrogen-bond acceptors (Lipinski definition) is 5. The van der Waals surface area contributed by atoms with E-state index in [1.54, 1.807) is 17.5 Å². The van der Waals surface area contributed by atoms with Gasteiger partial charge in [0.25, 0.3) is 0 Å². The number of anilines is 1. The summed E-state index contributed by atoms with van der Waals surface area (Å²) < 4.78 is 0. The first-order chi connectivity index (χ1) is 11.7.